The third-order valence-electron chi connectivity index (χ3n) is 6.98. The normalized spacial score (nSPS) is 18.3. The maximum Gasteiger partial charge on any atom is 0.410 e. The van der Waals surface area contributed by atoms with Gasteiger partial charge in [-0.3, -0.25) is 9.48 Å². The Labute approximate surface area is 241 Å². The first kappa shape index (κ1) is 30.6. The van der Waals surface area contributed by atoms with Crippen LogP contribution >= 0.6 is 23.5 Å². The van der Waals surface area contributed by atoms with Gasteiger partial charge in [0.25, 0.3) is 5.91 Å². The van der Waals surface area contributed by atoms with E-state index in [0.717, 1.165) is 30.1 Å². The van der Waals surface area contributed by atoms with Crippen molar-refractivity contribution in [2.45, 2.75) is 72.8 Å². The van der Waals surface area contributed by atoms with Gasteiger partial charge in [0.15, 0.2) is 0 Å². The number of sulfone groups is 1. The third kappa shape index (κ3) is 6.93. The van der Waals surface area contributed by atoms with Crippen LogP contribution in [0.1, 0.15) is 61.6 Å². The average molecular weight is 617 g/mol. The average Bonchev–Trinajstić information content (AvgIpc) is 3.54. The number of primary amides is 1. The second kappa shape index (κ2) is 11.9. The number of piperidine rings is 1. The highest BCUT2D eigenvalue weighted by Gasteiger charge is 2.42. The number of aromatic nitrogens is 2. The van der Waals surface area contributed by atoms with Crippen molar-refractivity contribution in [1.82, 2.24) is 14.7 Å². The molecule has 3 heterocycles. The molecule has 2 aliphatic rings. The maximum absolute atomic E-state index is 12.9. The molecule has 0 bridgehead atoms. The van der Waals surface area contributed by atoms with Crippen LogP contribution in [0.25, 0.3) is 0 Å². The molecule has 0 atom stereocenters. The fourth-order valence-corrected chi connectivity index (χ4v) is 8.71. The fraction of sp³-hybridized carbons (Fsp3) is 0.577. The van der Waals surface area contributed by atoms with Crippen LogP contribution in [0.2, 0.25) is 0 Å². The van der Waals surface area contributed by atoms with Crippen LogP contribution < -0.4 is 5.73 Å². The largest absolute Gasteiger partial charge is 0.444 e. The van der Waals surface area contributed by atoms with Gasteiger partial charge >= 0.3 is 11.9 Å². The molecule has 2 saturated heterocycles. The zero-order valence-corrected chi connectivity index (χ0v) is 25.1. The van der Waals surface area contributed by atoms with E-state index >= 15 is 0 Å². The van der Waals surface area contributed by atoms with Crippen molar-refractivity contribution in [2.75, 3.05) is 24.6 Å². The zero-order chi connectivity index (χ0) is 29.3. The smallest absolute Gasteiger partial charge is 0.410 e. The fourth-order valence-electron chi connectivity index (χ4n) is 4.88. The first-order chi connectivity index (χ1) is 18.7. The number of rotatable bonds is 8. The molecule has 0 saturated carbocycles. The number of alkyl halides is 2. The molecule has 4 rings (SSSR count). The van der Waals surface area contributed by atoms with Crippen molar-refractivity contribution < 1.29 is 31.5 Å². The molecule has 0 unspecified atom stereocenters. The number of benzene rings is 1. The van der Waals surface area contributed by atoms with Gasteiger partial charge in [-0.2, -0.15) is 13.9 Å². The Hall–Kier alpha value is -2.32. The summed E-state index contributed by atoms with van der Waals surface area (Å²) >= 11 is 3.78. The van der Waals surface area contributed by atoms with Gasteiger partial charge in [-0.15, -0.1) is 23.5 Å². The van der Waals surface area contributed by atoms with Gasteiger partial charge in [-0.05, 0) is 57.7 Å². The summed E-state index contributed by atoms with van der Waals surface area (Å²) in [6.45, 7) is 6.43. The topological polar surface area (TPSA) is 125 Å². The van der Waals surface area contributed by atoms with Gasteiger partial charge in [0, 0.05) is 37.2 Å². The van der Waals surface area contributed by atoms with Gasteiger partial charge in [0.2, 0.25) is 9.84 Å². The van der Waals surface area contributed by atoms with Crippen LogP contribution in [0.5, 0.6) is 0 Å². The Morgan fingerprint density at radius 3 is 2.27 bits per heavy atom. The van der Waals surface area contributed by atoms with Crippen molar-refractivity contribution >= 4 is 45.4 Å². The Morgan fingerprint density at radius 1 is 1.15 bits per heavy atom. The van der Waals surface area contributed by atoms with Gasteiger partial charge in [-0.1, -0.05) is 12.1 Å². The first-order valence-corrected chi connectivity index (χ1v) is 16.6. The van der Waals surface area contributed by atoms with Crippen molar-refractivity contribution in [3.8, 4) is 0 Å². The summed E-state index contributed by atoms with van der Waals surface area (Å²) in [5.74, 6) is -2.04. The van der Waals surface area contributed by atoms with E-state index in [4.69, 9.17) is 15.6 Å². The predicted octanol–water partition coefficient (Wildman–Crippen LogP) is 4.49. The highest BCUT2D eigenvalue weighted by atomic mass is 32.2. The van der Waals surface area contributed by atoms with Crippen LogP contribution in [0.4, 0.5) is 13.6 Å². The Bertz CT molecular complexity index is 1330. The first-order valence-electron chi connectivity index (χ1n) is 12.9. The molecule has 2 aromatic rings. The lowest BCUT2D eigenvalue weighted by Gasteiger charge is -2.43. The van der Waals surface area contributed by atoms with E-state index in [9.17, 15) is 26.8 Å². The summed E-state index contributed by atoms with van der Waals surface area (Å²) in [5.41, 5.74) is 5.92. The van der Waals surface area contributed by atoms with Gasteiger partial charge in [0.1, 0.15) is 5.60 Å². The van der Waals surface area contributed by atoms with E-state index in [0.29, 0.717) is 41.8 Å². The number of likely N-dealkylation sites (tertiary alicyclic amines) is 1. The minimum absolute atomic E-state index is 0.160. The lowest BCUT2D eigenvalue weighted by Crippen LogP contribution is -2.50. The van der Waals surface area contributed by atoms with Crippen molar-refractivity contribution in [2.24, 2.45) is 5.73 Å². The number of hydrogen-bond donors (Lipinski definition) is 1. The molecular weight excluding hydrogens is 583 g/mol. The monoisotopic (exact) mass is 616 g/mol. The predicted molar refractivity (Wildman–Crippen MR) is 152 cm³/mol. The molecule has 0 aliphatic carbocycles. The molecule has 1 aromatic heterocycles. The molecule has 40 heavy (non-hydrogen) atoms. The van der Waals surface area contributed by atoms with E-state index in [1.807, 2.05) is 49.0 Å². The minimum Gasteiger partial charge on any atom is -0.444 e. The summed E-state index contributed by atoms with van der Waals surface area (Å²) in [6, 6.07) is 5.11. The number of carbonyl (C=O) groups is 2. The Balaban J connectivity index is 1.61. The summed E-state index contributed by atoms with van der Waals surface area (Å²) in [7, 11) is -4.71. The standard InChI is InChI=1S/C26H34F2N4O5S3/c1-25(2,3)37-24(34)31-10-8-26(9-11-31,15-21-38-12-13-39-21)32-16-19(22(29)33)20(30-32)14-17-4-6-18(7-5-17)40(35,36)23(27)28/h4-7,16,21,23H,8-15H2,1-3H3,(H2,29,33). The second-order valence-electron chi connectivity index (χ2n) is 11.0. The number of carbonyl (C=O) groups excluding carboxylic acids is 2. The van der Waals surface area contributed by atoms with E-state index < -0.39 is 37.5 Å². The lowest BCUT2D eigenvalue weighted by molar-refractivity contribution is 0.00942. The van der Waals surface area contributed by atoms with E-state index in [1.54, 1.807) is 11.1 Å². The van der Waals surface area contributed by atoms with Crippen LogP contribution in [-0.2, 0) is 26.5 Å². The summed E-state index contributed by atoms with van der Waals surface area (Å²) in [5, 5.41) is 4.82. The molecule has 14 heteroatoms. The molecule has 2 fully saturated rings. The molecule has 9 nitrogen and oxygen atoms in total. The van der Waals surface area contributed by atoms with E-state index in [2.05, 4.69) is 0 Å². The molecule has 220 valence electrons. The van der Waals surface area contributed by atoms with Crippen LogP contribution in [0.15, 0.2) is 35.4 Å². The van der Waals surface area contributed by atoms with Crippen LogP contribution in [-0.4, -0.2) is 75.6 Å². The molecule has 2 aliphatic heterocycles. The van der Waals surface area contributed by atoms with Crippen LogP contribution in [0, 0.1) is 0 Å². The SMILES string of the molecule is CC(C)(C)OC(=O)N1CCC(CC2SCCS2)(n2cc(C(N)=O)c(Cc3ccc(S(=O)(=O)C(F)F)cc3)n2)CC1. The van der Waals surface area contributed by atoms with Gasteiger partial charge < -0.3 is 15.4 Å². The summed E-state index contributed by atoms with van der Waals surface area (Å²) in [4.78, 5) is 26.4. The van der Waals surface area contributed by atoms with Crippen molar-refractivity contribution in [3.63, 3.8) is 0 Å². The van der Waals surface area contributed by atoms with Crippen LogP contribution in [0.3, 0.4) is 0 Å². The number of hydrogen-bond acceptors (Lipinski definition) is 8. The highest BCUT2D eigenvalue weighted by molar-refractivity contribution is 8.20. The summed E-state index contributed by atoms with van der Waals surface area (Å²) in [6.07, 6.45) is 3.49. The van der Waals surface area contributed by atoms with Gasteiger partial charge in [-0.25, -0.2) is 13.2 Å². The van der Waals surface area contributed by atoms with E-state index in [-0.39, 0.29) is 18.1 Å². The lowest BCUT2D eigenvalue weighted by atomic mass is 9.85. The number of ether oxygens (including phenoxy) is 1. The minimum atomic E-state index is -4.71. The third-order valence-corrected chi connectivity index (χ3v) is 11.4. The Morgan fingerprint density at radius 2 is 1.75 bits per heavy atom. The quantitative estimate of drug-likeness (QED) is 0.460. The zero-order valence-electron chi connectivity index (χ0n) is 22.6. The molecule has 2 N–H and O–H groups in total. The number of nitrogens with zero attached hydrogens (tertiary/aromatic N) is 3. The molecular formula is C26H34F2N4O5S3. The number of halogens is 2. The summed E-state index contributed by atoms with van der Waals surface area (Å²) < 4.78 is 57.1. The molecule has 0 radical (unpaired) electrons. The number of thioether (sulfide) groups is 2. The number of nitrogens with two attached hydrogens (primary N) is 1. The number of amides is 2. The maximum atomic E-state index is 12.9. The van der Waals surface area contributed by atoms with Crippen molar-refractivity contribution in [3.05, 3.63) is 47.3 Å². The van der Waals surface area contributed by atoms with Crippen molar-refractivity contribution in [1.29, 1.82) is 0 Å². The van der Waals surface area contributed by atoms with Gasteiger partial charge in [0.05, 0.1) is 26.3 Å². The molecule has 1 aromatic carbocycles. The molecule has 0 spiro atoms. The second-order valence-corrected chi connectivity index (χ2v) is 15.8. The highest BCUT2D eigenvalue weighted by Crippen LogP contribution is 2.44. The Kier molecular flexibility index (Phi) is 9.10. The van der Waals surface area contributed by atoms with E-state index in [1.165, 1.54) is 12.1 Å². The molecule has 2 amide bonds.